The lowest BCUT2D eigenvalue weighted by Crippen LogP contribution is -2.14. The Morgan fingerprint density at radius 3 is 2.14 bits per heavy atom. The van der Waals surface area contributed by atoms with Gasteiger partial charge in [-0.05, 0) is 66.7 Å². The molecule has 0 amide bonds. The summed E-state index contributed by atoms with van der Waals surface area (Å²) in [6.07, 6.45) is 0. The molecule has 0 saturated heterocycles. The van der Waals surface area contributed by atoms with E-state index in [2.05, 4.69) is 34.1 Å². The molecule has 0 fully saturated rings. The maximum absolute atomic E-state index is 6.19. The first-order chi connectivity index (χ1) is 17.2. The monoisotopic (exact) mass is 453 g/mol. The van der Waals surface area contributed by atoms with Crippen molar-refractivity contribution < 1.29 is 0 Å². The third-order valence-electron chi connectivity index (χ3n) is 5.89. The van der Waals surface area contributed by atoms with Crippen molar-refractivity contribution in [2.45, 2.75) is 0 Å². The predicted molar refractivity (Wildman–Crippen MR) is 143 cm³/mol. The van der Waals surface area contributed by atoms with Gasteiger partial charge in [0, 0.05) is 17.1 Å². The van der Waals surface area contributed by atoms with Crippen LogP contribution in [0, 0.1) is 0 Å². The second-order valence-corrected chi connectivity index (χ2v) is 8.33. The summed E-state index contributed by atoms with van der Waals surface area (Å²) in [5.74, 6) is 0. The zero-order chi connectivity index (χ0) is 23.6. The van der Waals surface area contributed by atoms with Crippen LogP contribution >= 0.6 is 0 Å². The minimum atomic E-state index is 0.694. The van der Waals surface area contributed by atoms with Gasteiger partial charge in [0.1, 0.15) is 0 Å². The summed E-state index contributed by atoms with van der Waals surface area (Å²) in [6.45, 7) is 0. The Labute approximate surface area is 203 Å². The fourth-order valence-electron chi connectivity index (χ4n) is 4.27. The normalized spacial score (nSPS) is 11.7. The summed E-state index contributed by atoms with van der Waals surface area (Å²) >= 11 is 0. The van der Waals surface area contributed by atoms with Crippen LogP contribution in [0.5, 0.6) is 0 Å². The molecule has 0 unspecified atom stereocenters. The van der Waals surface area contributed by atoms with E-state index in [4.69, 9.17) is 15.7 Å². The first kappa shape index (κ1) is 20.7. The lowest BCUT2D eigenvalue weighted by Gasteiger charge is -2.20. The van der Waals surface area contributed by atoms with E-state index in [9.17, 15) is 0 Å². The first-order valence-corrected chi connectivity index (χ1v) is 11.5. The first-order valence-electron chi connectivity index (χ1n) is 11.5. The maximum atomic E-state index is 6.19. The van der Waals surface area contributed by atoms with Gasteiger partial charge in [0.15, 0.2) is 0 Å². The van der Waals surface area contributed by atoms with Crippen molar-refractivity contribution in [1.82, 2.24) is 9.55 Å². The van der Waals surface area contributed by atoms with Crippen LogP contribution < -0.4 is 16.4 Å². The van der Waals surface area contributed by atoms with Gasteiger partial charge in [0.05, 0.1) is 39.2 Å². The van der Waals surface area contributed by atoms with Crippen LogP contribution in [0.2, 0.25) is 0 Å². The number of nitrogens with one attached hydrogen (secondary N) is 1. The number of anilines is 3. The van der Waals surface area contributed by atoms with Crippen molar-refractivity contribution in [3.8, 4) is 17.1 Å². The molecule has 5 nitrogen and oxygen atoms in total. The second kappa shape index (κ2) is 8.80. The Balaban J connectivity index is 1.69. The Kier molecular flexibility index (Phi) is 5.20. The van der Waals surface area contributed by atoms with Crippen molar-refractivity contribution in [1.29, 1.82) is 0 Å². The van der Waals surface area contributed by atoms with Crippen molar-refractivity contribution >= 4 is 33.8 Å². The Bertz CT molecular complexity index is 1660. The van der Waals surface area contributed by atoms with E-state index in [-0.39, 0.29) is 0 Å². The fraction of sp³-hybridized carbons (Fsp3) is 0. The van der Waals surface area contributed by atoms with E-state index < -0.39 is 0 Å². The number of fused-ring (bicyclic) bond motifs is 2. The third-order valence-corrected chi connectivity index (χ3v) is 5.89. The standard InChI is InChI=1S/C30H23N5/c31-21-16-17-25-29(18-21)35(24-14-8-3-9-15-24)30-20-27(33-23-12-6-2-7-13-23)26(19-28(30)34-25)32-22-10-4-1-5-11-22/h1-20,32H,31H2. The van der Waals surface area contributed by atoms with Crippen molar-refractivity contribution in [3.63, 3.8) is 0 Å². The van der Waals surface area contributed by atoms with Gasteiger partial charge in [-0.25, -0.2) is 9.98 Å². The average Bonchev–Trinajstić information content (AvgIpc) is 2.90. The van der Waals surface area contributed by atoms with Crippen molar-refractivity contribution in [3.05, 3.63) is 127 Å². The van der Waals surface area contributed by atoms with Gasteiger partial charge >= 0.3 is 0 Å². The van der Waals surface area contributed by atoms with E-state index in [1.807, 2.05) is 97.1 Å². The lowest BCUT2D eigenvalue weighted by atomic mass is 10.1. The third kappa shape index (κ3) is 4.11. The highest BCUT2D eigenvalue weighted by molar-refractivity contribution is 5.86. The van der Waals surface area contributed by atoms with E-state index in [1.165, 1.54) is 0 Å². The van der Waals surface area contributed by atoms with Gasteiger partial charge in [-0.3, -0.25) is 0 Å². The molecule has 2 aliphatic rings. The molecular formula is C30H23N5. The molecule has 0 atom stereocenters. The minimum absolute atomic E-state index is 0.694. The number of hydrogen-bond acceptors (Lipinski definition) is 4. The molecule has 4 aromatic carbocycles. The van der Waals surface area contributed by atoms with Crippen LogP contribution in [-0.2, 0) is 0 Å². The van der Waals surface area contributed by atoms with E-state index in [1.54, 1.807) is 0 Å². The highest BCUT2D eigenvalue weighted by atomic mass is 15.0. The van der Waals surface area contributed by atoms with E-state index >= 15 is 0 Å². The Hall–Kier alpha value is -4.90. The zero-order valence-corrected chi connectivity index (χ0v) is 19.0. The number of nitrogen functional groups attached to an aromatic ring is 1. The molecule has 6 rings (SSSR count). The van der Waals surface area contributed by atoms with Crippen LogP contribution in [-0.4, -0.2) is 9.55 Å². The Morgan fingerprint density at radius 2 is 1.40 bits per heavy atom. The number of para-hydroxylation sites is 3. The molecule has 1 heterocycles. The van der Waals surface area contributed by atoms with Crippen molar-refractivity contribution in [2.75, 3.05) is 11.1 Å². The summed E-state index contributed by atoms with van der Waals surface area (Å²) in [4.78, 5) is 9.99. The summed E-state index contributed by atoms with van der Waals surface area (Å²) in [5, 5.41) is 4.36. The highest BCUT2D eigenvalue weighted by Crippen LogP contribution is 2.31. The molecular weight excluding hydrogens is 430 g/mol. The van der Waals surface area contributed by atoms with Crippen LogP contribution in [0.25, 0.3) is 28.1 Å². The predicted octanol–water partition coefficient (Wildman–Crippen LogP) is 6.69. The van der Waals surface area contributed by atoms with Crippen LogP contribution in [0.1, 0.15) is 0 Å². The molecule has 0 bridgehead atoms. The number of nitrogens with zero attached hydrogens (tertiary/aromatic N) is 3. The topological polar surface area (TPSA) is 68.2 Å². The fourth-order valence-corrected chi connectivity index (χ4v) is 4.27. The molecule has 0 spiro atoms. The van der Waals surface area contributed by atoms with Crippen molar-refractivity contribution in [2.24, 2.45) is 4.99 Å². The molecule has 168 valence electrons. The highest BCUT2D eigenvalue weighted by Gasteiger charge is 2.17. The largest absolute Gasteiger partial charge is 0.399 e. The van der Waals surface area contributed by atoms with Gasteiger partial charge in [-0.2, -0.15) is 0 Å². The van der Waals surface area contributed by atoms with E-state index in [0.29, 0.717) is 5.69 Å². The smallest absolute Gasteiger partial charge is 0.0900 e. The van der Waals surface area contributed by atoms with Crippen LogP contribution in [0.15, 0.2) is 126 Å². The summed E-state index contributed by atoms with van der Waals surface area (Å²) in [7, 11) is 0. The molecule has 0 saturated carbocycles. The summed E-state index contributed by atoms with van der Waals surface area (Å²) in [6, 6.07) is 40.3. The number of nitrogens with two attached hydrogens (primary N) is 1. The van der Waals surface area contributed by atoms with Gasteiger partial charge in [0.25, 0.3) is 0 Å². The number of benzene rings is 5. The quantitative estimate of drug-likeness (QED) is 0.231. The van der Waals surface area contributed by atoms with Gasteiger partial charge in [-0.1, -0.05) is 54.6 Å². The van der Waals surface area contributed by atoms with Crippen LogP contribution in [0.3, 0.4) is 0 Å². The summed E-state index contributed by atoms with van der Waals surface area (Å²) in [5.41, 5.74) is 14.3. The number of rotatable bonds is 4. The maximum Gasteiger partial charge on any atom is 0.0900 e. The second-order valence-electron chi connectivity index (χ2n) is 8.33. The van der Waals surface area contributed by atoms with Crippen LogP contribution in [0.4, 0.5) is 22.7 Å². The number of hydrogen-bond donors (Lipinski definition) is 2. The molecule has 3 N–H and O–H groups in total. The molecule has 0 radical (unpaired) electrons. The molecule has 35 heavy (non-hydrogen) atoms. The molecule has 4 aromatic rings. The number of aromatic nitrogens is 2. The van der Waals surface area contributed by atoms with Gasteiger partial charge in [0.2, 0.25) is 0 Å². The molecule has 1 aliphatic heterocycles. The van der Waals surface area contributed by atoms with E-state index in [0.717, 1.165) is 50.5 Å². The average molecular weight is 454 g/mol. The van der Waals surface area contributed by atoms with Gasteiger partial charge < -0.3 is 15.6 Å². The molecule has 0 aromatic heterocycles. The lowest BCUT2D eigenvalue weighted by molar-refractivity contribution is 1.07. The zero-order valence-electron chi connectivity index (χ0n) is 19.0. The SMILES string of the molecule is Nc1ccc2nc3cc(Nc4ccccc4)c(=Nc4ccccc4)cc-3n(-c3ccccc3)c2c1. The minimum Gasteiger partial charge on any atom is -0.399 e. The molecule has 1 aliphatic carbocycles. The Morgan fingerprint density at radius 1 is 0.714 bits per heavy atom. The van der Waals surface area contributed by atoms with Gasteiger partial charge in [-0.15, -0.1) is 0 Å². The summed E-state index contributed by atoms with van der Waals surface area (Å²) < 4.78 is 2.20. The molecule has 5 heteroatoms.